The number of hydrazine groups is 1. The van der Waals surface area contributed by atoms with Gasteiger partial charge in [-0.25, -0.2) is 5.84 Å². The number of rotatable bonds is 5. The van der Waals surface area contributed by atoms with Gasteiger partial charge in [0, 0.05) is 4.47 Å². The highest BCUT2D eigenvalue weighted by atomic mass is 79.9. The number of carbonyl (C=O) groups excluding carboxylic acids is 1. The lowest BCUT2D eigenvalue weighted by molar-refractivity contribution is -0.122. The van der Waals surface area contributed by atoms with Crippen LogP contribution in [0.4, 0.5) is 0 Å². The molecule has 0 fully saturated rings. The first kappa shape index (κ1) is 18.4. The van der Waals surface area contributed by atoms with E-state index in [4.69, 9.17) is 10.3 Å². The van der Waals surface area contributed by atoms with Gasteiger partial charge in [-0.3, -0.25) is 10.2 Å². The van der Waals surface area contributed by atoms with E-state index in [-0.39, 0.29) is 23.5 Å². The molecule has 6 heteroatoms. The van der Waals surface area contributed by atoms with Crippen LogP contribution in [-0.4, -0.2) is 14.2 Å². The summed E-state index contributed by atoms with van der Waals surface area (Å²) in [6, 6.07) is 7.87. The van der Waals surface area contributed by atoms with Crippen molar-refractivity contribution < 1.29 is 9.22 Å². The molecule has 0 saturated carbocycles. The Hall–Kier alpha value is -0.693. The van der Waals surface area contributed by atoms with Crippen LogP contribution >= 0.6 is 15.9 Å². The third-order valence-electron chi connectivity index (χ3n) is 4.00. The van der Waals surface area contributed by atoms with Gasteiger partial charge in [0.05, 0.1) is 12.5 Å². The van der Waals surface area contributed by atoms with Gasteiger partial charge in [-0.05, 0) is 35.8 Å². The predicted octanol–water partition coefficient (Wildman–Crippen LogP) is 3.89. The number of benzene rings is 1. The van der Waals surface area contributed by atoms with Crippen LogP contribution in [0.3, 0.4) is 0 Å². The largest absolute Gasteiger partial charge is 0.409 e. The Bertz CT molecular complexity index is 501. The molecule has 0 aromatic heterocycles. The van der Waals surface area contributed by atoms with Crippen molar-refractivity contribution in [3.63, 3.8) is 0 Å². The molecule has 0 heterocycles. The van der Waals surface area contributed by atoms with E-state index in [1.165, 1.54) is 0 Å². The van der Waals surface area contributed by atoms with Crippen molar-refractivity contribution >= 4 is 30.2 Å². The van der Waals surface area contributed by atoms with Crippen LogP contribution in [0.25, 0.3) is 0 Å². The molecular weight excluding hydrogens is 348 g/mol. The van der Waals surface area contributed by atoms with Gasteiger partial charge in [0.15, 0.2) is 8.32 Å². The summed E-state index contributed by atoms with van der Waals surface area (Å²) in [6.07, 6.45) is -0.0635. The van der Waals surface area contributed by atoms with Gasteiger partial charge in [-0.1, -0.05) is 48.8 Å². The van der Waals surface area contributed by atoms with Crippen molar-refractivity contribution in [3.05, 3.63) is 34.3 Å². The Kier molecular flexibility index (Phi) is 6.16. The number of nitrogens with two attached hydrogens (primary N) is 1. The van der Waals surface area contributed by atoms with Gasteiger partial charge in [-0.15, -0.1) is 0 Å². The normalized spacial score (nSPS) is 13.9. The Morgan fingerprint density at radius 2 is 2.05 bits per heavy atom. The molecule has 0 aliphatic heterocycles. The number of nitrogens with one attached hydrogen (secondary N) is 1. The smallest absolute Gasteiger partial charge is 0.236 e. The van der Waals surface area contributed by atoms with Crippen molar-refractivity contribution in [1.82, 2.24) is 5.43 Å². The van der Waals surface area contributed by atoms with E-state index in [9.17, 15) is 4.79 Å². The molecular formula is C15H25BrN2O2Si. The molecule has 0 radical (unpaired) electrons. The minimum absolute atomic E-state index is 0.0798. The molecule has 1 aromatic rings. The second-order valence-corrected chi connectivity index (χ2v) is 12.4. The van der Waals surface area contributed by atoms with Gasteiger partial charge in [0.2, 0.25) is 5.91 Å². The monoisotopic (exact) mass is 372 g/mol. The lowest BCUT2D eigenvalue weighted by Gasteiger charge is -2.39. The molecule has 4 nitrogen and oxygen atoms in total. The Morgan fingerprint density at radius 1 is 1.43 bits per heavy atom. The fourth-order valence-corrected chi connectivity index (χ4v) is 3.40. The molecule has 0 spiro atoms. The third kappa shape index (κ3) is 5.21. The maximum atomic E-state index is 11.7. The van der Waals surface area contributed by atoms with Gasteiger partial charge in [-0.2, -0.15) is 0 Å². The minimum Gasteiger partial charge on any atom is -0.409 e. The molecule has 1 rings (SSSR count). The SMILES string of the molecule is CC(C)(C)[Si](C)(C)OC(CC(=O)NN)c1cccc(Br)c1. The summed E-state index contributed by atoms with van der Waals surface area (Å²) in [5, 5.41) is 0.0798. The first-order chi connectivity index (χ1) is 9.56. The van der Waals surface area contributed by atoms with E-state index in [1.54, 1.807) is 0 Å². The van der Waals surface area contributed by atoms with E-state index < -0.39 is 8.32 Å². The van der Waals surface area contributed by atoms with Crippen LogP contribution in [0.2, 0.25) is 18.1 Å². The number of amides is 1. The zero-order valence-corrected chi connectivity index (χ0v) is 16.0. The zero-order chi connectivity index (χ0) is 16.3. The van der Waals surface area contributed by atoms with Gasteiger partial charge >= 0.3 is 0 Å². The quantitative estimate of drug-likeness (QED) is 0.356. The van der Waals surface area contributed by atoms with Crippen LogP contribution in [0.5, 0.6) is 0 Å². The molecule has 3 N–H and O–H groups in total. The van der Waals surface area contributed by atoms with Crippen LogP contribution in [-0.2, 0) is 9.22 Å². The fraction of sp³-hybridized carbons (Fsp3) is 0.533. The predicted molar refractivity (Wildman–Crippen MR) is 92.1 cm³/mol. The molecule has 0 saturated heterocycles. The molecule has 0 aliphatic carbocycles. The molecule has 1 aromatic carbocycles. The standard InChI is InChI=1S/C15H25BrN2O2Si/c1-15(2,3)21(4,5)20-13(10-14(19)18-17)11-7-6-8-12(16)9-11/h6-9,13H,10,17H2,1-5H3,(H,18,19). The lowest BCUT2D eigenvalue weighted by atomic mass is 10.1. The van der Waals surface area contributed by atoms with Crippen molar-refractivity contribution in [1.29, 1.82) is 0 Å². The molecule has 1 amide bonds. The average molecular weight is 373 g/mol. The summed E-state index contributed by atoms with van der Waals surface area (Å²) in [4.78, 5) is 11.7. The molecule has 0 bridgehead atoms. The van der Waals surface area contributed by atoms with Crippen molar-refractivity contribution in [3.8, 4) is 0 Å². The van der Waals surface area contributed by atoms with E-state index in [1.807, 2.05) is 24.3 Å². The summed E-state index contributed by atoms with van der Waals surface area (Å²) >= 11 is 3.46. The number of hydrogen-bond donors (Lipinski definition) is 2. The number of halogens is 1. The summed E-state index contributed by atoms with van der Waals surface area (Å²) < 4.78 is 7.39. The summed E-state index contributed by atoms with van der Waals surface area (Å²) in [7, 11) is -1.98. The highest BCUT2D eigenvalue weighted by Gasteiger charge is 2.39. The molecule has 1 unspecified atom stereocenters. The van der Waals surface area contributed by atoms with Crippen molar-refractivity contribution in [2.45, 2.75) is 51.4 Å². The van der Waals surface area contributed by atoms with E-state index in [0.29, 0.717) is 0 Å². The zero-order valence-electron chi connectivity index (χ0n) is 13.4. The van der Waals surface area contributed by atoms with Gasteiger partial charge < -0.3 is 4.43 Å². The van der Waals surface area contributed by atoms with Crippen LogP contribution in [0.15, 0.2) is 28.7 Å². The molecule has 1 atom stereocenters. The lowest BCUT2D eigenvalue weighted by Crippen LogP contribution is -2.43. The highest BCUT2D eigenvalue weighted by molar-refractivity contribution is 9.10. The van der Waals surface area contributed by atoms with Gasteiger partial charge in [0.1, 0.15) is 0 Å². The topological polar surface area (TPSA) is 64.3 Å². The highest BCUT2D eigenvalue weighted by Crippen LogP contribution is 2.40. The summed E-state index contributed by atoms with van der Waals surface area (Å²) in [5.74, 6) is 5.00. The van der Waals surface area contributed by atoms with E-state index >= 15 is 0 Å². The second-order valence-electron chi connectivity index (χ2n) is 6.69. The number of hydrogen-bond acceptors (Lipinski definition) is 3. The van der Waals surface area contributed by atoms with E-state index in [0.717, 1.165) is 10.0 Å². The van der Waals surface area contributed by atoms with Crippen LogP contribution < -0.4 is 11.3 Å². The maximum Gasteiger partial charge on any atom is 0.236 e. The van der Waals surface area contributed by atoms with E-state index in [2.05, 4.69) is 55.2 Å². The van der Waals surface area contributed by atoms with Crippen molar-refractivity contribution in [2.75, 3.05) is 0 Å². The average Bonchev–Trinajstić information content (AvgIpc) is 2.36. The number of carbonyl (C=O) groups is 1. The summed E-state index contributed by atoms with van der Waals surface area (Å²) in [6.45, 7) is 10.9. The molecule has 21 heavy (non-hydrogen) atoms. The Balaban J connectivity index is 3.06. The molecule has 118 valence electrons. The summed E-state index contributed by atoms with van der Waals surface area (Å²) in [5.41, 5.74) is 3.17. The van der Waals surface area contributed by atoms with Crippen molar-refractivity contribution in [2.24, 2.45) is 5.84 Å². The maximum absolute atomic E-state index is 11.7. The minimum atomic E-state index is -1.98. The first-order valence-corrected chi connectivity index (χ1v) is 10.7. The Labute approximate surface area is 136 Å². The Morgan fingerprint density at radius 3 is 2.52 bits per heavy atom. The van der Waals surface area contributed by atoms with Gasteiger partial charge in [0.25, 0.3) is 0 Å². The second kappa shape index (κ2) is 7.04. The van der Waals surface area contributed by atoms with Crippen LogP contribution in [0, 0.1) is 0 Å². The first-order valence-electron chi connectivity index (χ1n) is 6.99. The molecule has 0 aliphatic rings. The van der Waals surface area contributed by atoms with Crippen LogP contribution in [0.1, 0.15) is 38.9 Å². The fourth-order valence-electron chi connectivity index (χ4n) is 1.69. The third-order valence-corrected chi connectivity index (χ3v) is 8.97.